The number of benzene rings is 2. The molecule has 4 rings (SSSR count). The second-order valence-electron chi connectivity index (χ2n) is 7.03. The second kappa shape index (κ2) is 8.16. The molecule has 5 heteroatoms. The number of nitrogens with one attached hydrogen (secondary N) is 1. The van der Waals surface area contributed by atoms with Crippen molar-refractivity contribution in [1.29, 1.82) is 0 Å². The molecule has 1 amide bonds. The summed E-state index contributed by atoms with van der Waals surface area (Å²) in [7, 11) is 0. The highest BCUT2D eigenvalue weighted by Gasteiger charge is 2.33. The van der Waals surface area contributed by atoms with Crippen molar-refractivity contribution in [3.05, 3.63) is 42.5 Å². The van der Waals surface area contributed by atoms with Crippen molar-refractivity contribution in [2.45, 2.75) is 38.0 Å². The van der Waals surface area contributed by atoms with Gasteiger partial charge in [0.1, 0.15) is 0 Å². The number of rotatable bonds is 5. The minimum absolute atomic E-state index is 0.0546. The summed E-state index contributed by atoms with van der Waals surface area (Å²) < 4.78 is 11.4. The lowest BCUT2D eigenvalue weighted by Crippen LogP contribution is -2.48. The summed E-state index contributed by atoms with van der Waals surface area (Å²) in [5.74, 6) is 0.0546. The largest absolute Gasteiger partial charge is 0.349 e. The normalized spacial score (nSPS) is 21.9. The third-order valence-electron chi connectivity index (χ3n) is 5.32. The molecule has 2 saturated heterocycles. The van der Waals surface area contributed by atoms with Crippen LogP contribution in [0.2, 0.25) is 0 Å². The molecule has 0 aromatic heterocycles. The lowest BCUT2D eigenvalue weighted by atomic mass is 10.0. The summed E-state index contributed by atoms with van der Waals surface area (Å²) >= 11 is 0. The van der Waals surface area contributed by atoms with Crippen LogP contribution in [0.15, 0.2) is 42.5 Å². The van der Waals surface area contributed by atoms with Crippen molar-refractivity contribution in [3.8, 4) is 0 Å². The van der Waals surface area contributed by atoms with E-state index in [9.17, 15) is 4.79 Å². The zero-order chi connectivity index (χ0) is 17.8. The fraction of sp³-hybridized carbons (Fsp3) is 0.476. The van der Waals surface area contributed by atoms with Crippen LogP contribution in [0.4, 0.5) is 5.69 Å². The van der Waals surface area contributed by atoms with Crippen LogP contribution in [-0.4, -0.2) is 49.4 Å². The number of likely N-dealkylation sites (tertiary alicyclic amines) is 1. The molecule has 2 aliphatic rings. The molecule has 0 aliphatic carbocycles. The van der Waals surface area contributed by atoms with Gasteiger partial charge in [-0.25, -0.2) is 0 Å². The average Bonchev–Trinajstić information content (AvgIpc) is 3.21. The van der Waals surface area contributed by atoms with Gasteiger partial charge in [0.05, 0.1) is 19.3 Å². The van der Waals surface area contributed by atoms with Gasteiger partial charge in [0.2, 0.25) is 5.91 Å². The highest BCUT2D eigenvalue weighted by atomic mass is 16.7. The number of amides is 1. The maximum atomic E-state index is 12.5. The van der Waals surface area contributed by atoms with Crippen LogP contribution < -0.4 is 5.32 Å². The Hall–Kier alpha value is -1.95. The minimum atomic E-state index is -0.128. The van der Waals surface area contributed by atoms with E-state index in [1.165, 1.54) is 12.8 Å². The van der Waals surface area contributed by atoms with E-state index < -0.39 is 0 Å². The van der Waals surface area contributed by atoms with E-state index in [1.54, 1.807) is 0 Å². The number of fused-ring (bicyclic) bond motifs is 1. The van der Waals surface area contributed by atoms with Crippen LogP contribution in [0, 0.1) is 0 Å². The summed E-state index contributed by atoms with van der Waals surface area (Å²) in [5, 5.41) is 5.29. The topological polar surface area (TPSA) is 50.8 Å². The molecule has 5 nitrogen and oxygen atoms in total. The Kier molecular flexibility index (Phi) is 5.48. The SMILES string of the molecule is O=C(CCN1CCCCC1C1OCCO1)Nc1cccc2ccccc12. The zero-order valence-corrected chi connectivity index (χ0v) is 15.0. The Bertz CT molecular complexity index is 753. The van der Waals surface area contributed by atoms with Crippen LogP contribution in [0.1, 0.15) is 25.7 Å². The van der Waals surface area contributed by atoms with Crippen molar-refractivity contribution >= 4 is 22.4 Å². The van der Waals surface area contributed by atoms with Gasteiger partial charge < -0.3 is 14.8 Å². The summed E-state index contributed by atoms with van der Waals surface area (Å²) in [6.45, 7) is 3.10. The summed E-state index contributed by atoms with van der Waals surface area (Å²) in [4.78, 5) is 14.9. The van der Waals surface area contributed by atoms with Gasteiger partial charge in [-0.05, 0) is 30.8 Å². The number of anilines is 1. The summed E-state index contributed by atoms with van der Waals surface area (Å²) in [5.41, 5.74) is 0.880. The van der Waals surface area contributed by atoms with Crippen molar-refractivity contribution < 1.29 is 14.3 Å². The van der Waals surface area contributed by atoms with Crippen molar-refractivity contribution in [1.82, 2.24) is 4.90 Å². The number of nitrogens with zero attached hydrogens (tertiary/aromatic N) is 1. The predicted molar refractivity (Wildman–Crippen MR) is 102 cm³/mol. The van der Waals surface area contributed by atoms with Crippen molar-refractivity contribution in [3.63, 3.8) is 0 Å². The molecule has 2 aromatic rings. The molecular formula is C21H26N2O3. The van der Waals surface area contributed by atoms with E-state index in [4.69, 9.17) is 9.47 Å². The zero-order valence-electron chi connectivity index (χ0n) is 15.0. The molecule has 2 aliphatic heterocycles. The van der Waals surface area contributed by atoms with Gasteiger partial charge in [0.15, 0.2) is 6.29 Å². The summed E-state index contributed by atoms with van der Waals surface area (Å²) in [6.07, 6.45) is 3.81. The lowest BCUT2D eigenvalue weighted by Gasteiger charge is -2.37. The summed E-state index contributed by atoms with van der Waals surface area (Å²) in [6, 6.07) is 14.4. The highest BCUT2D eigenvalue weighted by molar-refractivity contribution is 6.02. The van der Waals surface area contributed by atoms with Crippen LogP contribution in [0.25, 0.3) is 10.8 Å². The quantitative estimate of drug-likeness (QED) is 0.894. The molecular weight excluding hydrogens is 328 g/mol. The van der Waals surface area contributed by atoms with Gasteiger partial charge in [-0.2, -0.15) is 0 Å². The highest BCUT2D eigenvalue weighted by Crippen LogP contribution is 2.25. The third kappa shape index (κ3) is 3.90. The molecule has 2 heterocycles. The maximum Gasteiger partial charge on any atom is 0.225 e. The Morgan fingerprint density at radius 1 is 1.08 bits per heavy atom. The standard InChI is InChI=1S/C21H26N2O3/c24-20(22-18-9-5-7-16-6-1-2-8-17(16)18)11-13-23-12-4-3-10-19(23)21-25-14-15-26-21/h1-2,5-9,19,21H,3-4,10-15H2,(H,22,24). The molecule has 1 unspecified atom stereocenters. The molecule has 2 aromatic carbocycles. The van der Waals surface area contributed by atoms with Crippen LogP contribution in [0.3, 0.4) is 0 Å². The van der Waals surface area contributed by atoms with Gasteiger partial charge >= 0.3 is 0 Å². The second-order valence-corrected chi connectivity index (χ2v) is 7.03. The van der Waals surface area contributed by atoms with E-state index in [2.05, 4.69) is 22.3 Å². The smallest absolute Gasteiger partial charge is 0.225 e. The Morgan fingerprint density at radius 2 is 1.88 bits per heavy atom. The number of piperidine rings is 1. The Morgan fingerprint density at radius 3 is 2.77 bits per heavy atom. The first-order valence-corrected chi connectivity index (χ1v) is 9.56. The number of ether oxygens (including phenoxy) is 2. The lowest BCUT2D eigenvalue weighted by molar-refractivity contribution is -0.120. The minimum Gasteiger partial charge on any atom is -0.349 e. The fourth-order valence-corrected chi connectivity index (χ4v) is 3.99. The molecule has 1 atom stereocenters. The molecule has 2 fully saturated rings. The molecule has 0 spiro atoms. The van der Waals surface area contributed by atoms with E-state index in [0.29, 0.717) is 19.6 Å². The first kappa shape index (κ1) is 17.5. The molecule has 0 saturated carbocycles. The monoisotopic (exact) mass is 354 g/mol. The van der Waals surface area contributed by atoms with Crippen LogP contribution in [0.5, 0.6) is 0 Å². The van der Waals surface area contributed by atoms with Crippen molar-refractivity contribution in [2.75, 3.05) is 31.6 Å². The first-order chi connectivity index (χ1) is 12.8. The molecule has 26 heavy (non-hydrogen) atoms. The van der Waals surface area contributed by atoms with Crippen LogP contribution >= 0.6 is 0 Å². The number of hydrogen-bond acceptors (Lipinski definition) is 4. The van der Waals surface area contributed by atoms with E-state index in [0.717, 1.165) is 36.0 Å². The number of hydrogen-bond donors (Lipinski definition) is 1. The van der Waals surface area contributed by atoms with Crippen molar-refractivity contribution in [2.24, 2.45) is 0 Å². The fourth-order valence-electron chi connectivity index (χ4n) is 3.99. The molecule has 138 valence electrons. The first-order valence-electron chi connectivity index (χ1n) is 9.56. The number of carbonyl (C=O) groups is 1. The van der Waals surface area contributed by atoms with E-state index in [1.807, 2.05) is 30.3 Å². The van der Waals surface area contributed by atoms with Gasteiger partial charge in [-0.15, -0.1) is 0 Å². The predicted octanol–water partition coefficient (Wildman–Crippen LogP) is 3.40. The average molecular weight is 354 g/mol. The van der Waals surface area contributed by atoms with Gasteiger partial charge in [-0.1, -0.05) is 42.8 Å². The molecule has 1 N–H and O–H groups in total. The van der Waals surface area contributed by atoms with E-state index in [-0.39, 0.29) is 18.2 Å². The van der Waals surface area contributed by atoms with Crippen LogP contribution in [-0.2, 0) is 14.3 Å². The van der Waals surface area contributed by atoms with Gasteiger partial charge in [-0.3, -0.25) is 9.69 Å². The van der Waals surface area contributed by atoms with Gasteiger partial charge in [0, 0.05) is 24.0 Å². The Labute approximate surface area is 154 Å². The van der Waals surface area contributed by atoms with E-state index >= 15 is 0 Å². The maximum absolute atomic E-state index is 12.5. The number of carbonyl (C=O) groups excluding carboxylic acids is 1. The third-order valence-corrected chi connectivity index (χ3v) is 5.32. The Balaban J connectivity index is 1.37. The van der Waals surface area contributed by atoms with Gasteiger partial charge in [0.25, 0.3) is 0 Å². The molecule has 0 bridgehead atoms. The molecule has 0 radical (unpaired) electrons.